The number of nitrogens with one attached hydrogen (secondary N) is 1. The minimum atomic E-state index is 0.766. The van der Waals surface area contributed by atoms with Crippen molar-refractivity contribution < 1.29 is 0 Å². The number of aromatic nitrogens is 2. The molecule has 1 N–H and O–H groups in total. The van der Waals surface area contributed by atoms with Crippen molar-refractivity contribution in [2.75, 3.05) is 11.9 Å². The van der Waals surface area contributed by atoms with Crippen LogP contribution in [0.15, 0.2) is 42.5 Å². The molecule has 0 saturated carbocycles. The normalized spacial score (nSPS) is 10.8. The Balaban J connectivity index is 2.20. The van der Waals surface area contributed by atoms with Crippen LogP contribution in [0.4, 0.5) is 5.82 Å². The zero-order valence-corrected chi connectivity index (χ0v) is 12.6. The minimum absolute atomic E-state index is 0.766. The Morgan fingerprint density at radius 3 is 2.33 bits per heavy atom. The third kappa shape index (κ3) is 2.72. The number of benzene rings is 2. The van der Waals surface area contributed by atoms with Crippen molar-refractivity contribution >= 4 is 16.7 Å². The molecular weight excluding hydrogens is 258 g/mol. The van der Waals surface area contributed by atoms with Gasteiger partial charge in [-0.1, -0.05) is 41.5 Å². The third-order valence-corrected chi connectivity index (χ3v) is 3.51. The highest BCUT2D eigenvalue weighted by Gasteiger charge is 2.09. The number of hydrogen-bond acceptors (Lipinski definition) is 3. The van der Waals surface area contributed by atoms with E-state index in [1.165, 1.54) is 11.1 Å². The van der Waals surface area contributed by atoms with Gasteiger partial charge in [0.05, 0.1) is 5.52 Å². The summed E-state index contributed by atoms with van der Waals surface area (Å²) in [5, 5.41) is 4.42. The number of nitrogens with zero attached hydrogens (tertiary/aromatic N) is 2. The monoisotopic (exact) mass is 277 g/mol. The molecule has 0 bridgehead atoms. The van der Waals surface area contributed by atoms with Gasteiger partial charge in [0, 0.05) is 17.5 Å². The highest BCUT2D eigenvalue weighted by atomic mass is 15.0. The summed E-state index contributed by atoms with van der Waals surface area (Å²) in [6, 6.07) is 14.6. The van der Waals surface area contributed by atoms with Crippen LogP contribution < -0.4 is 5.32 Å². The van der Waals surface area contributed by atoms with Gasteiger partial charge in [0.15, 0.2) is 5.82 Å². The summed E-state index contributed by atoms with van der Waals surface area (Å²) >= 11 is 0. The molecule has 0 amide bonds. The highest BCUT2D eigenvalue weighted by molar-refractivity contribution is 5.91. The molecule has 3 aromatic rings. The van der Waals surface area contributed by atoms with E-state index in [1.807, 2.05) is 0 Å². The molecule has 0 spiro atoms. The standard InChI is InChI=1S/C18H19N3/c1-4-19-18-15-11-13(3)7-10-16(15)20-17(21-18)14-8-5-12(2)6-9-14/h5-11H,4H2,1-3H3,(H,19,20,21). The lowest BCUT2D eigenvalue weighted by Crippen LogP contribution is -2.03. The molecule has 1 aromatic heterocycles. The lowest BCUT2D eigenvalue weighted by atomic mass is 10.1. The van der Waals surface area contributed by atoms with Crippen LogP contribution in [-0.4, -0.2) is 16.5 Å². The third-order valence-electron chi connectivity index (χ3n) is 3.51. The first kappa shape index (κ1) is 13.6. The molecular formula is C18H19N3. The van der Waals surface area contributed by atoms with Crippen LogP contribution in [-0.2, 0) is 0 Å². The summed E-state index contributed by atoms with van der Waals surface area (Å²) in [6.07, 6.45) is 0. The maximum Gasteiger partial charge on any atom is 0.162 e. The second-order valence-electron chi connectivity index (χ2n) is 5.31. The molecule has 3 rings (SSSR count). The van der Waals surface area contributed by atoms with E-state index in [2.05, 4.69) is 68.6 Å². The van der Waals surface area contributed by atoms with Gasteiger partial charge in [-0.3, -0.25) is 0 Å². The minimum Gasteiger partial charge on any atom is -0.370 e. The quantitative estimate of drug-likeness (QED) is 0.773. The summed E-state index contributed by atoms with van der Waals surface area (Å²) in [5.74, 6) is 1.67. The van der Waals surface area contributed by atoms with E-state index in [0.717, 1.165) is 34.7 Å². The smallest absolute Gasteiger partial charge is 0.162 e. The van der Waals surface area contributed by atoms with Crippen molar-refractivity contribution in [2.24, 2.45) is 0 Å². The van der Waals surface area contributed by atoms with Gasteiger partial charge in [-0.05, 0) is 32.9 Å². The zero-order valence-electron chi connectivity index (χ0n) is 12.6. The van der Waals surface area contributed by atoms with Gasteiger partial charge >= 0.3 is 0 Å². The second kappa shape index (κ2) is 5.52. The molecule has 0 aliphatic carbocycles. The van der Waals surface area contributed by atoms with E-state index in [0.29, 0.717) is 0 Å². The predicted octanol–water partition coefficient (Wildman–Crippen LogP) is 4.35. The van der Waals surface area contributed by atoms with Gasteiger partial charge in [-0.25, -0.2) is 9.97 Å². The molecule has 0 radical (unpaired) electrons. The number of rotatable bonds is 3. The summed E-state index contributed by atoms with van der Waals surface area (Å²) in [7, 11) is 0. The van der Waals surface area contributed by atoms with Crippen molar-refractivity contribution in [3.05, 3.63) is 53.6 Å². The molecule has 0 aliphatic rings. The topological polar surface area (TPSA) is 37.8 Å². The highest BCUT2D eigenvalue weighted by Crippen LogP contribution is 2.25. The van der Waals surface area contributed by atoms with E-state index in [1.54, 1.807) is 0 Å². The van der Waals surface area contributed by atoms with Crippen molar-refractivity contribution in [1.82, 2.24) is 9.97 Å². The number of anilines is 1. The van der Waals surface area contributed by atoms with Gasteiger partial charge < -0.3 is 5.32 Å². The van der Waals surface area contributed by atoms with E-state index in [-0.39, 0.29) is 0 Å². The van der Waals surface area contributed by atoms with Crippen LogP contribution in [0.2, 0.25) is 0 Å². The zero-order chi connectivity index (χ0) is 14.8. The first-order chi connectivity index (χ1) is 10.2. The fourth-order valence-corrected chi connectivity index (χ4v) is 2.38. The molecule has 3 nitrogen and oxygen atoms in total. The van der Waals surface area contributed by atoms with Crippen LogP contribution in [0.3, 0.4) is 0 Å². The van der Waals surface area contributed by atoms with Crippen LogP contribution in [0.5, 0.6) is 0 Å². The Labute approximate surface area is 125 Å². The summed E-state index contributed by atoms with van der Waals surface area (Å²) < 4.78 is 0. The predicted molar refractivity (Wildman–Crippen MR) is 88.6 cm³/mol. The molecule has 0 atom stereocenters. The van der Waals surface area contributed by atoms with Crippen molar-refractivity contribution in [3.63, 3.8) is 0 Å². The molecule has 3 heteroatoms. The Morgan fingerprint density at radius 2 is 1.62 bits per heavy atom. The van der Waals surface area contributed by atoms with Crippen molar-refractivity contribution in [2.45, 2.75) is 20.8 Å². The van der Waals surface area contributed by atoms with E-state index in [4.69, 9.17) is 9.97 Å². The van der Waals surface area contributed by atoms with Gasteiger partial charge in [0.1, 0.15) is 5.82 Å². The molecule has 0 aliphatic heterocycles. The number of fused-ring (bicyclic) bond motifs is 1. The Hall–Kier alpha value is -2.42. The van der Waals surface area contributed by atoms with E-state index >= 15 is 0 Å². The fraction of sp³-hybridized carbons (Fsp3) is 0.222. The molecule has 2 aromatic carbocycles. The van der Waals surface area contributed by atoms with Crippen LogP contribution in [0.25, 0.3) is 22.3 Å². The first-order valence-corrected chi connectivity index (χ1v) is 7.26. The Kier molecular flexibility index (Phi) is 3.57. The maximum absolute atomic E-state index is 4.71. The SMILES string of the molecule is CCNc1nc(-c2ccc(C)cc2)nc2ccc(C)cc12. The van der Waals surface area contributed by atoms with Gasteiger partial charge in [-0.2, -0.15) is 0 Å². The lowest BCUT2D eigenvalue weighted by Gasteiger charge is -2.10. The van der Waals surface area contributed by atoms with Crippen LogP contribution in [0, 0.1) is 13.8 Å². The molecule has 0 saturated heterocycles. The largest absolute Gasteiger partial charge is 0.370 e. The summed E-state index contributed by atoms with van der Waals surface area (Å²) in [6.45, 7) is 7.09. The molecule has 0 unspecified atom stereocenters. The molecule has 0 fully saturated rings. The Morgan fingerprint density at radius 1 is 0.905 bits per heavy atom. The van der Waals surface area contributed by atoms with Gasteiger partial charge in [0.25, 0.3) is 0 Å². The maximum atomic E-state index is 4.71. The first-order valence-electron chi connectivity index (χ1n) is 7.26. The second-order valence-corrected chi connectivity index (χ2v) is 5.31. The Bertz CT molecular complexity index is 776. The summed E-state index contributed by atoms with van der Waals surface area (Å²) in [5.41, 5.74) is 4.47. The van der Waals surface area contributed by atoms with E-state index in [9.17, 15) is 0 Å². The van der Waals surface area contributed by atoms with Crippen LogP contribution >= 0.6 is 0 Å². The fourth-order valence-electron chi connectivity index (χ4n) is 2.38. The average molecular weight is 277 g/mol. The number of aryl methyl sites for hydroxylation is 2. The lowest BCUT2D eigenvalue weighted by molar-refractivity contribution is 1.14. The molecule has 21 heavy (non-hydrogen) atoms. The van der Waals surface area contributed by atoms with Gasteiger partial charge in [-0.15, -0.1) is 0 Å². The molecule has 106 valence electrons. The van der Waals surface area contributed by atoms with Crippen molar-refractivity contribution in [1.29, 1.82) is 0 Å². The van der Waals surface area contributed by atoms with E-state index < -0.39 is 0 Å². The number of hydrogen-bond donors (Lipinski definition) is 1. The van der Waals surface area contributed by atoms with Gasteiger partial charge in [0.2, 0.25) is 0 Å². The average Bonchev–Trinajstić information content (AvgIpc) is 2.48. The summed E-state index contributed by atoms with van der Waals surface area (Å²) in [4.78, 5) is 9.42. The van der Waals surface area contributed by atoms with Crippen molar-refractivity contribution in [3.8, 4) is 11.4 Å². The van der Waals surface area contributed by atoms with Crippen LogP contribution in [0.1, 0.15) is 18.1 Å². The molecule has 1 heterocycles.